The molecule has 4 nitrogen and oxygen atoms in total. The van der Waals surface area contributed by atoms with E-state index in [-0.39, 0.29) is 11.9 Å². The Morgan fingerprint density at radius 3 is 2.85 bits per heavy atom. The van der Waals surface area contributed by atoms with Crippen molar-refractivity contribution in [2.45, 2.75) is 18.9 Å². The monoisotopic (exact) mass is 269 g/mol. The number of anilines is 1. The van der Waals surface area contributed by atoms with Gasteiger partial charge in [-0.1, -0.05) is 24.3 Å². The van der Waals surface area contributed by atoms with Crippen LogP contribution in [0.4, 0.5) is 5.69 Å². The quantitative estimate of drug-likeness (QED) is 0.910. The van der Waals surface area contributed by atoms with Crippen molar-refractivity contribution in [2.24, 2.45) is 7.05 Å². The number of benzene rings is 1. The average molecular weight is 269 g/mol. The Morgan fingerprint density at radius 1 is 1.40 bits per heavy atom. The molecule has 1 aliphatic carbocycles. The first-order valence-corrected chi connectivity index (χ1v) is 6.84. The maximum absolute atomic E-state index is 12.6. The molecule has 1 aliphatic rings. The Bertz CT molecular complexity index is 659. The summed E-state index contributed by atoms with van der Waals surface area (Å²) in [7, 11) is 3.72. The van der Waals surface area contributed by atoms with Crippen LogP contribution in [0.15, 0.2) is 36.5 Å². The third kappa shape index (κ3) is 1.97. The first-order valence-electron chi connectivity index (χ1n) is 6.84. The van der Waals surface area contributed by atoms with Crippen molar-refractivity contribution in [3.05, 3.63) is 53.3 Å². The number of rotatable bonds is 2. The number of aromatic nitrogens is 1. The van der Waals surface area contributed by atoms with Gasteiger partial charge in [0.2, 0.25) is 0 Å². The van der Waals surface area contributed by atoms with Crippen LogP contribution < -0.4 is 5.73 Å². The van der Waals surface area contributed by atoms with Crippen molar-refractivity contribution in [3.63, 3.8) is 0 Å². The average Bonchev–Trinajstić information content (AvgIpc) is 3.00. The van der Waals surface area contributed by atoms with E-state index >= 15 is 0 Å². The van der Waals surface area contributed by atoms with Crippen LogP contribution in [0, 0.1) is 0 Å². The van der Waals surface area contributed by atoms with Crippen LogP contribution in [0.2, 0.25) is 0 Å². The Hall–Kier alpha value is -2.23. The Kier molecular flexibility index (Phi) is 3.01. The van der Waals surface area contributed by atoms with Crippen LogP contribution in [0.3, 0.4) is 0 Å². The van der Waals surface area contributed by atoms with Crippen LogP contribution in [0.25, 0.3) is 0 Å². The third-order valence-electron chi connectivity index (χ3n) is 4.13. The van der Waals surface area contributed by atoms with E-state index in [1.165, 1.54) is 11.1 Å². The van der Waals surface area contributed by atoms with Crippen molar-refractivity contribution in [1.29, 1.82) is 0 Å². The van der Waals surface area contributed by atoms with E-state index in [1.807, 2.05) is 25.1 Å². The van der Waals surface area contributed by atoms with Crippen molar-refractivity contribution < 1.29 is 4.79 Å². The van der Waals surface area contributed by atoms with Gasteiger partial charge in [-0.15, -0.1) is 0 Å². The van der Waals surface area contributed by atoms with Crippen molar-refractivity contribution >= 4 is 11.6 Å². The first-order chi connectivity index (χ1) is 9.58. The molecule has 0 radical (unpaired) electrons. The second kappa shape index (κ2) is 4.71. The second-order valence-corrected chi connectivity index (χ2v) is 5.44. The van der Waals surface area contributed by atoms with Crippen molar-refractivity contribution in [1.82, 2.24) is 9.47 Å². The summed E-state index contributed by atoms with van der Waals surface area (Å²) in [5.41, 5.74) is 9.63. The molecule has 1 unspecified atom stereocenters. The molecule has 0 saturated heterocycles. The van der Waals surface area contributed by atoms with Gasteiger partial charge in [0.05, 0.1) is 11.7 Å². The molecule has 0 spiro atoms. The topological polar surface area (TPSA) is 51.3 Å². The van der Waals surface area contributed by atoms with Crippen LogP contribution in [0.5, 0.6) is 0 Å². The maximum Gasteiger partial charge on any atom is 0.270 e. The number of nitrogens with two attached hydrogens (primary N) is 1. The number of fused-ring (bicyclic) bond motifs is 1. The highest BCUT2D eigenvalue weighted by Gasteiger charge is 2.29. The molecule has 0 saturated carbocycles. The molecule has 20 heavy (non-hydrogen) atoms. The van der Waals surface area contributed by atoms with Crippen molar-refractivity contribution in [2.75, 3.05) is 12.8 Å². The van der Waals surface area contributed by atoms with E-state index in [2.05, 4.69) is 18.2 Å². The number of nitrogens with zero attached hydrogens (tertiary/aromatic N) is 2. The summed E-state index contributed by atoms with van der Waals surface area (Å²) in [4.78, 5) is 14.5. The van der Waals surface area contributed by atoms with E-state index in [9.17, 15) is 4.79 Å². The molecule has 104 valence electrons. The largest absolute Gasteiger partial charge is 0.397 e. The van der Waals surface area contributed by atoms with Gasteiger partial charge in [-0.05, 0) is 30.0 Å². The number of hydrogen-bond donors (Lipinski definition) is 1. The lowest BCUT2D eigenvalue weighted by atomic mass is 10.1. The predicted molar refractivity (Wildman–Crippen MR) is 79.4 cm³/mol. The normalized spacial score (nSPS) is 17.0. The lowest BCUT2D eigenvalue weighted by Gasteiger charge is -2.25. The van der Waals surface area contributed by atoms with E-state index < -0.39 is 0 Å². The molecule has 1 atom stereocenters. The fraction of sp³-hybridized carbons (Fsp3) is 0.312. The van der Waals surface area contributed by atoms with E-state index in [4.69, 9.17) is 5.73 Å². The molecule has 2 N–H and O–H groups in total. The summed E-state index contributed by atoms with van der Waals surface area (Å²) in [6.07, 6.45) is 3.79. The van der Waals surface area contributed by atoms with Crippen LogP contribution in [0.1, 0.15) is 34.1 Å². The minimum atomic E-state index is 0.0194. The summed E-state index contributed by atoms with van der Waals surface area (Å²) in [6.45, 7) is 0. The molecule has 1 heterocycles. The van der Waals surface area contributed by atoms with Gasteiger partial charge < -0.3 is 15.2 Å². The number of amides is 1. The number of hydrogen-bond acceptors (Lipinski definition) is 2. The SMILES string of the molecule is CN(C(=O)c1cc(N)cn1C)C1CCc2ccccc21. The molecule has 0 bridgehead atoms. The molecule has 0 fully saturated rings. The molecule has 0 aliphatic heterocycles. The van der Waals surface area contributed by atoms with E-state index in [0.717, 1.165) is 12.8 Å². The third-order valence-corrected chi connectivity index (χ3v) is 4.13. The molecule has 2 aromatic rings. The molecule has 4 heteroatoms. The highest BCUT2D eigenvalue weighted by atomic mass is 16.2. The van der Waals surface area contributed by atoms with Gasteiger partial charge in [-0.3, -0.25) is 4.79 Å². The second-order valence-electron chi connectivity index (χ2n) is 5.44. The Labute approximate surface area is 118 Å². The van der Waals surface area contributed by atoms with Gasteiger partial charge in [0.15, 0.2) is 0 Å². The van der Waals surface area contributed by atoms with Gasteiger partial charge in [0, 0.05) is 20.3 Å². The van der Waals surface area contributed by atoms with Gasteiger partial charge in [0.25, 0.3) is 5.91 Å². The van der Waals surface area contributed by atoms with Crippen LogP contribution in [-0.2, 0) is 13.5 Å². The predicted octanol–water partition coefficient (Wildman–Crippen LogP) is 2.37. The smallest absolute Gasteiger partial charge is 0.270 e. The van der Waals surface area contributed by atoms with Gasteiger partial charge in [-0.25, -0.2) is 0 Å². The molecule has 1 aromatic heterocycles. The zero-order valence-corrected chi connectivity index (χ0v) is 11.8. The Balaban J connectivity index is 1.89. The molecular weight excluding hydrogens is 250 g/mol. The number of aryl methyl sites for hydroxylation is 2. The van der Waals surface area contributed by atoms with Gasteiger partial charge in [0.1, 0.15) is 5.69 Å². The van der Waals surface area contributed by atoms with Crippen molar-refractivity contribution in [3.8, 4) is 0 Å². The summed E-state index contributed by atoms with van der Waals surface area (Å²) in [5.74, 6) is 0.0194. The number of carbonyl (C=O) groups excluding carboxylic acids is 1. The highest BCUT2D eigenvalue weighted by Crippen LogP contribution is 2.35. The van der Waals surface area contributed by atoms with E-state index in [1.54, 1.807) is 16.8 Å². The summed E-state index contributed by atoms with van der Waals surface area (Å²) < 4.78 is 1.79. The standard InChI is InChI=1S/C16H19N3O/c1-18-10-12(17)9-15(18)16(20)19(2)14-8-7-11-5-3-4-6-13(11)14/h3-6,9-10,14H,7-8,17H2,1-2H3. The zero-order valence-electron chi connectivity index (χ0n) is 11.8. The van der Waals surface area contributed by atoms with Crippen LogP contribution >= 0.6 is 0 Å². The first kappa shape index (κ1) is 12.8. The highest BCUT2D eigenvalue weighted by molar-refractivity contribution is 5.94. The fourth-order valence-corrected chi connectivity index (χ4v) is 3.06. The zero-order chi connectivity index (χ0) is 14.3. The minimum absolute atomic E-state index is 0.0194. The van der Waals surface area contributed by atoms with Gasteiger partial charge >= 0.3 is 0 Å². The van der Waals surface area contributed by atoms with E-state index in [0.29, 0.717) is 11.4 Å². The lowest BCUT2D eigenvalue weighted by Crippen LogP contribution is -2.31. The van der Waals surface area contributed by atoms with Gasteiger partial charge in [-0.2, -0.15) is 0 Å². The van der Waals surface area contributed by atoms with Crippen LogP contribution in [-0.4, -0.2) is 22.4 Å². The minimum Gasteiger partial charge on any atom is -0.397 e. The summed E-state index contributed by atoms with van der Waals surface area (Å²) in [5, 5.41) is 0. The molecule has 1 amide bonds. The number of nitrogen functional groups attached to an aromatic ring is 1. The fourth-order valence-electron chi connectivity index (χ4n) is 3.06. The molecule has 3 rings (SSSR count). The molecule has 1 aromatic carbocycles. The number of carbonyl (C=O) groups is 1. The maximum atomic E-state index is 12.6. The molecular formula is C16H19N3O. The Morgan fingerprint density at radius 2 is 2.15 bits per heavy atom. The lowest BCUT2D eigenvalue weighted by molar-refractivity contribution is 0.0721. The summed E-state index contributed by atoms with van der Waals surface area (Å²) >= 11 is 0. The summed E-state index contributed by atoms with van der Waals surface area (Å²) in [6, 6.07) is 10.3.